The Bertz CT molecular complexity index is 1180. The van der Waals surface area contributed by atoms with Gasteiger partial charge in [-0.05, 0) is 57.9 Å². The fourth-order valence-corrected chi connectivity index (χ4v) is 4.04. The van der Waals surface area contributed by atoms with E-state index in [9.17, 15) is 4.39 Å². The van der Waals surface area contributed by atoms with Gasteiger partial charge in [-0.15, -0.1) is 0 Å². The molecule has 0 aliphatic rings. The first-order valence-corrected chi connectivity index (χ1v) is 10.8. The van der Waals surface area contributed by atoms with E-state index in [1.165, 1.54) is 12.1 Å². The molecule has 31 heavy (non-hydrogen) atoms. The van der Waals surface area contributed by atoms with Gasteiger partial charge in [0.15, 0.2) is 11.5 Å². The Labute approximate surface area is 192 Å². The lowest BCUT2D eigenvalue weighted by Crippen LogP contribution is -2.14. The van der Waals surface area contributed by atoms with Crippen LogP contribution < -0.4 is 14.8 Å². The Morgan fingerprint density at radius 2 is 1.97 bits per heavy atom. The average Bonchev–Trinajstić information content (AvgIpc) is 3.16. The summed E-state index contributed by atoms with van der Waals surface area (Å²) in [6, 6.07) is 16.0. The molecule has 4 rings (SSSR count). The van der Waals surface area contributed by atoms with Crippen LogP contribution in [0.15, 0.2) is 59.1 Å². The molecule has 0 amide bonds. The number of fused-ring (bicyclic) bond motifs is 1. The highest BCUT2D eigenvalue weighted by molar-refractivity contribution is 9.10. The number of aromatic amines is 1. The van der Waals surface area contributed by atoms with Crippen LogP contribution in [0.1, 0.15) is 17.0 Å². The minimum Gasteiger partial charge on any atom is -0.493 e. The lowest BCUT2D eigenvalue weighted by molar-refractivity contribution is 0.282. The van der Waals surface area contributed by atoms with Gasteiger partial charge in [-0.2, -0.15) is 0 Å². The molecule has 0 radical (unpaired) electrons. The molecule has 3 aromatic carbocycles. The van der Waals surface area contributed by atoms with Crippen molar-refractivity contribution < 1.29 is 13.9 Å². The molecule has 0 aliphatic heterocycles. The van der Waals surface area contributed by atoms with Gasteiger partial charge < -0.3 is 19.8 Å². The second-order valence-electron chi connectivity index (χ2n) is 6.94. The zero-order chi connectivity index (χ0) is 21.8. The molecule has 1 aromatic heterocycles. The molecule has 0 saturated heterocycles. The van der Waals surface area contributed by atoms with E-state index in [2.05, 4.69) is 31.2 Å². The van der Waals surface area contributed by atoms with Crippen LogP contribution in [-0.2, 0) is 19.7 Å². The fourth-order valence-electron chi connectivity index (χ4n) is 3.22. The number of nitrogens with one attached hydrogen (secondary N) is 2. The van der Waals surface area contributed by atoms with Crippen LogP contribution in [0.4, 0.5) is 4.39 Å². The topological polar surface area (TPSA) is 59.2 Å². The van der Waals surface area contributed by atoms with Crippen LogP contribution in [0.3, 0.4) is 0 Å². The summed E-state index contributed by atoms with van der Waals surface area (Å²) in [4.78, 5) is 7.87. The highest BCUT2D eigenvalue weighted by atomic mass is 79.9. The van der Waals surface area contributed by atoms with E-state index in [1.807, 2.05) is 36.4 Å². The number of aromatic nitrogens is 2. The molecule has 5 nitrogen and oxygen atoms in total. The zero-order valence-corrected chi connectivity index (χ0v) is 19.1. The molecule has 0 saturated carbocycles. The summed E-state index contributed by atoms with van der Waals surface area (Å²) < 4.78 is 25.4. The molecule has 2 N–H and O–H groups in total. The number of H-pyrrole nitrogens is 1. The first kappa shape index (κ1) is 21.6. The first-order valence-electron chi connectivity index (χ1n) is 9.61. The Balaban J connectivity index is 1.41. The van der Waals surface area contributed by atoms with Crippen molar-refractivity contribution in [2.75, 3.05) is 7.11 Å². The Kier molecular flexibility index (Phi) is 6.75. The van der Waals surface area contributed by atoms with E-state index >= 15 is 0 Å². The van der Waals surface area contributed by atoms with Crippen molar-refractivity contribution in [1.29, 1.82) is 0 Å². The highest BCUT2D eigenvalue weighted by Gasteiger charge is 2.13. The molecular weight excluding hydrogens is 485 g/mol. The Hall–Kier alpha value is -2.61. The van der Waals surface area contributed by atoms with Gasteiger partial charge in [0.1, 0.15) is 18.2 Å². The summed E-state index contributed by atoms with van der Waals surface area (Å²) in [7, 11) is 1.59. The molecular formula is C23H20BrClFN3O2. The highest BCUT2D eigenvalue weighted by Crippen LogP contribution is 2.37. The second-order valence-corrected chi connectivity index (χ2v) is 8.20. The third kappa shape index (κ3) is 5.18. The standard InChI is InChI=1S/C23H20BrClFN3O2/c1-30-21-9-14(11-27-12-22-28-19-4-2-3-5-20(19)29-22)8-17(24)23(21)31-13-15-6-7-16(26)10-18(15)25/h2-10,27H,11-13H2,1H3,(H,28,29). The van der Waals surface area contributed by atoms with Crippen molar-refractivity contribution in [2.24, 2.45) is 0 Å². The van der Waals surface area contributed by atoms with Gasteiger partial charge in [0.25, 0.3) is 0 Å². The number of ether oxygens (including phenoxy) is 2. The van der Waals surface area contributed by atoms with Crippen molar-refractivity contribution >= 4 is 38.6 Å². The van der Waals surface area contributed by atoms with Gasteiger partial charge in [0.2, 0.25) is 0 Å². The van der Waals surface area contributed by atoms with Gasteiger partial charge >= 0.3 is 0 Å². The third-order valence-electron chi connectivity index (χ3n) is 4.74. The predicted molar refractivity (Wildman–Crippen MR) is 123 cm³/mol. The summed E-state index contributed by atoms with van der Waals surface area (Å²) in [5, 5.41) is 3.70. The minimum atomic E-state index is -0.382. The number of nitrogens with zero attached hydrogens (tertiary/aromatic N) is 1. The molecule has 0 atom stereocenters. The van der Waals surface area contributed by atoms with Crippen LogP contribution in [0.5, 0.6) is 11.5 Å². The van der Waals surface area contributed by atoms with Gasteiger partial charge in [0, 0.05) is 12.1 Å². The number of hydrogen-bond donors (Lipinski definition) is 2. The van der Waals surface area contributed by atoms with Crippen LogP contribution >= 0.6 is 27.5 Å². The molecule has 8 heteroatoms. The maximum atomic E-state index is 13.2. The van der Waals surface area contributed by atoms with Crippen LogP contribution in [-0.4, -0.2) is 17.1 Å². The van der Waals surface area contributed by atoms with Gasteiger partial charge in [-0.1, -0.05) is 29.8 Å². The number of halogens is 3. The van der Waals surface area contributed by atoms with E-state index in [0.717, 1.165) is 26.9 Å². The average molecular weight is 505 g/mol. The number of methoxy groups -OCH3 is 1. The maximum absolute atomic E-state index is 13.2. The van der Waals surface area contributed by atoms with Crippen LogP contribution in [0, 0.1) is 5.82 Å². The van der Waals surface area contributed by atoms with Gasteiger partial charge in [-0.25, -0.2) is 9.37 Å². The quantitative estimate of drug-likeness (QED) is 0.309. The first-order chi connectivity index (χ1) is 15.0. The lowest BCUT2D eigenvalue weighted by atomic mass is 10.2. The number of hydrogen-bond acceptors (Lipinski definition) is 4. The Morgan fingerprint density at radius 1 is 1.13 bits per heavy atom. The predicted octanol–water partition coefficient (Wildman–Crippen LogP) is 6.00. The molecule has 160 valence electrons. The summed E-state index contributed by atoms with van der Waals surface area (Å²) in [5.74, 6) is 1.65. The molecule has 0 spiro atoms. The largest absolute Gasteiger partial charge is 0.493 e. The van der Waals surface area contributed by atoms with Gasteiger partial charge in [0.05, 0.1) is 34.2 Å². The monoisotopic (exact) mass is 503 g/mol. The smallest absolute Gasteiger partial charge is 0.175 e. The van der Waals surface area contributed by atoms with E-state index < -0.39 is 0 Å². The van der Waals surface area contributed by atoms with E-state index in [-0.39, 0.29) is 12.4 Å². The zero-order valence-electron chi connectivity index (χ0n) is 16.7. The number of para-hydroxylation sites is 2. The summed E-state index contributed by atoms with van der Waals surface area (Å²) in [6.45, 7) is 1.42. The fraction of sp³-hybridized carbons (Fsp3) is 0.174. The van der Waals surface area contributed by atoms with E-state index in [0.29, 0.717) is 35.2 Å². The van der Waals surface area contributed by atoms with Crippen molar-refractivity contribution in [3.63, 3.8) is 0 Å². The molecule has 0 unspecified atom stereocenters. The number of imidazole rings is 1. The normalized spacial score (nSPS) is 11.1. The molecule has 0 bridgehead atoms. The van der Waals surface area contributed by atoms with Crippen LogP contribution in [0.25, 0.3) is 11.0 Å². The van der Waals surface area contributed by atoms with Crippen molar-refractivity contribution in [2.45, 2.75) is 19.7 Å². The summed E-state index contributed by atoms with van der Waals surface area (Å²) in [5.41, 5.74) is 3.68. The Morgan fingerprint density at radius 3 is 2.74 bits per heavy atom. The molecule has 4 aromatic rings. The number of benzene rings is 3. The molecule has 1 heterocycles. The third-order valence-corrected chi connectivity index (χ3v) is 5.68. The summed E-state index contributed by atoms with van der Waals surface area (Å²) >= 11 is 9.65. The van der Waals surface area contributed by atoms with Gasteiger partial charge in [-0.3, -0.25) is 0 Å². The lowest BCUT2D eigenvalue weighted by Gasteiger charge is -2.15. The van der Waals surface area contributed by atoms with Crippen molar-refractivity contribution in [1.82, 2.24) is 15.3 Å². The maximum Gasteiger partial charge on any atom is 0.175 e. The number of rotatable bonds is 8. The van der Waals surface area contributed by atoms with E-state index in [4.69, 9.17) is 21.1 Å². The van der Waals surface area contributed by atoms with Crippen molar-refractivity contribution in [3.8, 4) is 11.5 Å². The molecule has 0 fully saturated rings. The van der Waals surface area contributed by atoms with Crippen LogP contribution in [0.2, 0.25) is 5.02 Å². The molecule has 0 aliphatic carbocycles. The van der Waals surface area contributed by atoms with Crippen molar-refractivity contribution in [3.05, 3.63) is 86.9 Å². The SMILES string of the molecule is COc1cc(CNCc2nc3ccccc3[nH]2)cc(Br)c1OCc1ccc(F)cc1Cl. The minimum absolute atomic E-state index is 0.192. The summed E-state index contributed by atoms with van der Waals surface area (Å²) in [6.07, 6.45) is 0. The second kappa shape index (κ2) is 9.68. The van der Waals surface area contributed by atoms with E-state index in [1.54, 1.807) is 13.2 Å².